The lowest BCUT2D eigenvalue weighted by Crippen LogP contribution is -2.45. The lowest BCUT2D eigenvalue weighted by atomic mass is 10.1. The Morgan fingerprint density at radius 3 is 2.61 bits per heavy atom. The van der Waals surface area contributed by atoms with Gasteiger partial charge in [0.2, 0.25) is 5.91 Å². The average Bonchev–Trinajstić information content (AvgIpc) is 3.36. The predicted molar refractivity (Wildman–Crippen MR) is 91.6 cm³/mol. The molecule has 0 aromatic carbocycles. The molecule has 0 bridgehead atoms. The number of nitrogens with one attached hydrogen (secondary N) is 1. The number of nitriles is 1. The van der Waals surface area contributed by atoms with Crippen molar-refractivity contribution in [2.24, 2.45) is 5.92 Å². The van der Waals surface area contributed by atoms with Crippen LogP contribution in [0.2, 0.25) is 0 Å². The van der Waals surface area contributed by atoms with E-state index in [0.29, 0.717) is 13.0 Å². The Balaban J connectivity index is 1.60. The molecule has 2 aliphatic rings. The van der Waals surface area contributed by atoms with E-state index in [1.807, 2.05) is 0 Å². The molecular weight excluding hydrogens is 379 g/mol. The number of alkyl halides is 3. The maximum Gasteiger partial charge on any atom is 0.401 e. The fourth-order valence-electron chi connectivity index (χ4n) is 3.39. The molecule has 0 radical (unpaired) electrons. The number of hydrogen-bond donors (Lipinski definition) is 1. The van der Waals surface area contributed by atoms with Gasteiger partial charge in [-0.3, -0.25) is 19.1 Å². The number of aromatic nitrogens is 2. The van der Waals surface area contributed by atoms with Gasteiger partial charge in [-0.1, -0.05) is 0 Å². The van der Waals surface area contributed by atoms with Crippen LogP contribution in [0.25, 0.3) is 0 Å². The number of likely N-dealkylation sites (tertiary alicyclic amines) is 1. The summed E-state index contributed by atoms with van der Waals surface area (Å²) < 4.78 is 39.3. The minimum absolute atomic E-state index is 0.0624. The second kappa shape index (κ2) is 7.79. The number of carbonyl (C=O) groups is 1. The third-order valence-electron chi connectivity index (χ3n) is 4.92. The highest BCUT2D eigenvalue weighted by atomic mass is 19.4. The van der Waals surface area contributed by atoms with Crippen molar-refractivity contribution in [1.82, 2.24) is 19.4 Å². The third kappa shape index (κ3) is 4.81. The molecule has 1 aromatic heterocycles. The zero-order valence-corrected chi connectivity index (χ0v) is 15.0. The summed E-state index contributed by atoms with van der Waals surface area (Å²) in [4.78, 5) is 38.1. The molecule has 11 heteroatoms. The first-order chi connectivity index (χ1) is 13.2. The molecule has 1 aromatic rings. The molecule has 3 rings (SSSR count). The summed E-state index contributed by atoms with van der Waals surface area (Å²) in [6.45, 7) is -0.821. The van der Waals surface area contributed by atoms with Gasteiger partial charge >= 0.3 is 11.9 Å². The first kappa shape index (κ1) is 20.1. The van der Waals surface area contributed by atoms with E-state index >= 15 is 0 Å². The van der Waals surface area contributed by atoms with Crippen LogP contribution < -0.4 is 16.6 Å². The topological polar surface area (TPSA) is 100 Å². The Morgan fingerprint density at radius 1 is 1.29 bits per heavy atom. The molecular formula is C17H20F3N5O3. The quantitative estimate of drug-likeness (QED) is 0.738. The summed E-state index contributed by atoms with van der Waals surface area (Å²) in [6.07, 6.45) is -0.970. The van der Waals surface area contributed by atoms with E-state index in [-0.39, 0.29) is 30.6 Å². The highest BCUT2D eigenvalue weighted by Crippen LogP contribution is 2.33. The summed E-state index contributed by atoms with van der Waals surface area (Å²) in [7, 11) is 0. The zero-order chi connectivity index (χ0) is 20.5. The van der Waals surface area contributed by atoms with E-state index in [4.69, 9.17) is 5.26 Å². The number of halogens is 3. The van der Waals surface area contributed by atoms with Gasteiger partial charge in [0.15, 0.2) is 0 Å². The van der Waals surface area contributed by atoms with E-state index in [2.05, 4.69) is 5.32 Å². The molecule has 0 spiro atoms. The van der Waals surface area contributed by atoms with Crippen molar-refractivity contribution in [2.75, 3.05) is 26.2 Å². The van der Waals surface area contributed by atoms with Crippen LogP contribution >= 0.6 is 0 Å². The molecule has 1 saturated carbocycles. The molecule has 152 valence electrons. The standard InChI is InChI=1S/C17H20F3N5O3/c18-17(19,20)10-23-4-3-11(7-23)6-22-14(26)9-25-15(27)12(5-21)8-24(16(25)28)13-1-2-13/h8,11,13H,1-4,6-7,9-10H2,(H,22,26)/t11-/m1/s1. The second-order valence-corrected chi connectivity index (χ2v) is 7.28. The SMILES string of the molecule is N#Cc1cn(C2CC2)c(=O)n(CC(=O)NC[C@H]2CCN(CC(F)(F)F)C2)c1=O. The Labute approximate surface area is 158 Å². The molecule has 28 heavy (non-hydrogen) atoms. The Bertz CT molecular complexity index is 911. The molecule has 1 aliphatic heterocycles. The largest absolute Gasteiger partial charge is 0.401 e. The highest BCUT2D eigenvalue weighted by Gasteiger charge is 2.34. The van der Waals surface area contributed by atoms with Crippen molar-refractivity contribution < 1.29 is 18.0 Å². The normalized spacial score (nSPS) is 20.1. The second-order valence-electron chi connectivity index (χ2n) is 7.28. The van der Waals surface area contributed by atoms with Gasteiger partial charge in [0, 0.05) is 25.3 Å². The van der Waals surface area contributed by atoms with Gasteiger partial charge in [-0.05, 0) is 31.7 Å². The van der Waals surface area contributed by atoms with Gasteiger partial charge < -0.3 is 5.32 Å². The fraction of sp³-hybridized carbons (Fsp3) is 0.647. The summed E-state index contributed by atoms with van der Waals surface area (Å²) in [5.74, 6) is -0.720. The number of hydrogen-bond acceptors (Lipinski definition) is 5. The van der Waals surface area contributed by atoms with Crippen LogP contribution in [-0.4, -0.2) is 52.3 Å². The van der Waals surface area contributed by atoms with Crippen LogP contribution in [0.5, 0.6) is 0 Å². The van der Waals surface area contributed by atoms with E-state index < -0.39 is 36.4 Å². The lowest BCUT2D eigenvalue weighted by molar-refractivity contribution is -0.143. The van der Waals surface area contributed by atoms with Crippen LogP contribution in [0, 0.1) is 17.2 Å². The minimum atomic E-state index is -4.26. The van der Waals surface area contributed by atoms with Crippen molar-refractivity contribution >= 4 is 5.91 Å². The van der Waals surface area contributed by atoms with E-state index in [1.54, 1.807) is 6.07 Å². The highest BCUT2D eigenvalue weighted by molar-refractivity contribution is 5.75. The molecule has 2 heterocycles. The lowest BCUT2D eigenvalue weighted by Gasteiger charge is -2.18. The van der Waals surface area contributed by atoms with Crippen LogP contribution in [-0.2, 0) is 11.3 Å². The Hall–Kier alpha value is -2.61. The van der Waals surface area contributed by atoms with Crippen LogP contribution in [0.1, 0.15) is 30.9 Å². The predicted octanol–water partition coefficient (Wildman–Crippen LogP) is 0.217. The molecule has 1 amide bonds. The van der Waals surface area contributed by atoms with Crippen molar-refractivity contribution in [1.29, 1.82) is 5.26 Å². The molecule has 2 fully saturated rings. The van der Waals surface area contributed by atoms with Gasteiger partial charge in [0.1, 0.15) is 18.2 Å². The molecule has 8 nitrogen and oxygen atoms in total. The van der Waals surface area contributed by atoms with Crippen molar-refractivity contribution in [2.45, 2.75) is 38.0 Å². The van der Waals surface area contributed by atoms with Crippen molar-refractivity contribution in [3.05, 3.63) is 32.6 Å². The van der Waals surface area contributed by atoms with Crippen LogP contribution in [0.3, 0.4) is 0 Å². The summed E-state index contributed by atoms with van der Waals surface area (Å²) >= 11 is 0. The van der Waals surface area contributed by atoms with Crippen LogP contribution in [0.15, 0.2) is 15.8 Å². The maximum atomic E-state index is 12.4. The Morgan fingerprint density at radius 2 is 2.00 bits per heavy atom. The third-order valence-corrected chi connectivity index (χ3v) is 4.92. The summed E-state index contributed by atoms with van der Waals surface area (Å²) in [5.41, 5.74) is -1.67. The first-order valence-corrected chi connectivity index (χ1v) is 9.00. The molecule has 1 N–H and O–H groups in total. The van der Waals surface area contributed by atoms with Crippen LogP contribution in [0.4, 0.5) is 13.2 Å². The summed E-state index contributed by atoms with van der Waals surface area (Å²) in [6, 6.07) is 1.67. The van der Waals surface area contributed by atoms with E-state index in [1.165, 1.54) is 15.7 Å². The fourth-order valence-corrected chi connectivity index (χ4v) is 3.39. The average molecular weight is 399 g/mol. The van der Waals surface area contributed by atoms with Gasteiger partial charge in [0.05, 0.1) is 6.54 Å². The van der Waals surface area contributed by atoms with Gasteiger partial charge in [-0.25, -0.2) is 9.36 Å². The number of rotatable bonds is 6. The Kier molecular flexibility index (Phi) is 5.60. The van der Waals surface area contributed by atoms with Gasteiger partial charge in [-0.2, -0.15) is 18.4 Å². The molecule has 1 saturated heterocycles. The van der Waals surface area contributed by atoms with Gasteiger partial charge in [-0.15, -0.1) is 0 Å². The zero-order valence-electron chi connectivity index (χ0n) is 15.0. The van der Waals surface area contributed by atoms with Crippen molar-refractivity contribution in [3.63, 3.8) is 0 Å². The van der Waals surface area contributed by atoms with Crippen molar-refractivity contribution in [3.8, 4) is 6.07 Å². The molecule has 1 atom stereocenters. The maximum absolute atomic E-state index is 12.4. The molecule has 0 unspecified atom stereocenters. The number of carbonyl (C=O) groups excluding carboxylic acids is 1. The summed E-state index contributed by atoms with van der Waals surface area (Å²) in [5, 5.41) is 11.7. The smallest absolute Gasteiger partial charge is 0.354 e. The van der Waals surface area contributed by atoms with E-state index in [0.717, 1.165) is 17.4 Å². The van der Waals surface area contributed by atoms with Gasteiger partial charge in [0.25, 0.3) is 5.56 Å². The molecule has 1 aliphatic carbocycles. The first-order valence-electron chi connectivity index (χ1n) is 9.00. The van der Waals surface area contributed by atoms with E-state index in [9.17, 15) is 27.6 Å². The number of nitrogens with zero attached hydrogens (tertiary/aromatic N) is 4. The monoisotopic (exact) mass is 399 g/mol. The number of amides is 1. The minimum Gasteiger partial charge on any atom is -0.354 e.